The molecule has 1 fully saturated rings. The molecule has 0 aliphatic heterocycles. The predicted octanol–water partition coefficient (Wildman–Crippen LogP) is 2.10. The summed E-state index contributed by atoms with van der Waals surface area (Å²) in [6, 6.07) is 0. The summed E-state index contributed by atoms with van der Waals surface area (Å²) in [6.07, 6.45) is 2.69. The Balaban J connectivity index is 2.14. The fraction of sp³-hybridized carbons (Fsp3) is 1.00. The van der Waals surface area contributed by atoms with E-state index in [1.807, 2.05) is 0 Å². The summed E-state index contributed by atoms with van der Waals surface area (Å²) in [7, 11) is 1.55. The Kier molecular flexibility index (Phi) is 3.04. The van der Waals surface area contributed by atoms with Crippen LogP contribution in [0.4, 0.5) is 12.9 Å². The van der Waals surface area contributed by atoms with Crippen LogP contribution in [0, 0.1) is 5.92 Å². The van der Waals surface area contributed by atoms with Crippen LogP contribution in [-0.4, -0.2) is 31.9 Å². The molecular weight excluding hydrogens is 166 g/mol. The van der Waals surface area contributed by atoms with E-state index in [-0.39, 0.29) is 0 Å². The van der Waals surface area contributed by atoms with Gasteiger partial charge in [0.15, 0.2) is 0 Å². The summed E-state index contributed by atoms with van der Waals surface area (Å²) in [5, 5.41) is 0. The molecule has 0 atom stereocenters. The summed E-state index contributed by atoms with van der Waals surface area (Å²) < 4.78 is 35.7. The summed E-state index contributed by atoms with van der Waals surface area (Å²) in [4.78, 5) is 1.39. The van der Waals surface area contributed by atoms with Gasteiger partial charge in [0.1, 0.15) is 0 Å². The average Bonchev–Trinajstić information content (AvgIpc) is 1.74. The fourth-order valence-electron chi connectivity index (χ4n) is 1.54. The minimum Gasteiger partial charge on any atom is -0.448 e. The van der Waals surface area contributed by atoms with Crippen LogP contribution in [0.2, 0.25) is 0 Å². The standard InChI is InChI=1S/C7H14BF3N/c1-12(6-8(9,10)11)5-7-3-2-4-7/h7H,2-6H2,1H3/q-1. The van der Waals surface area contributed by atoms with Crippen LogP contribution in [0.25, 0.3) is 0 Å². The monoisotopic (exact) mass is 180 g/mol. The van der Waals surface area contributed by atoms with E-state index in [9.17, 15) is 12.9 Å². The van der Waals surface area contributed by atoms with Gasteiger partial charge in [0.25, 0.3) is 0 Å². The first-order valence-electron chi connectivity index (χ1n) is 4.37. The van der Waals surface area contributed by atoms with Crippen LogP contribution < -0.4 is 0 Å². The Hall–Kier alpha value is -0.185. The van der Waals surface area contributed by atoms with Crippen molar-refractivity contribution in [1.82, 2.24) is 4.90 Å². The topological polar surface area (TPSA) is 3.24 Å². The van der Waals surface area contributed by atoms with E-state index in [1.54, 1.807) is 7.05 Å². The minimum absolute atomic E-state index is 0.521. The normalized spacial score (nSPS) is 19.8. The van der Waals surface area contributed by atoms with E-state index in [1.165, 1.54) is 11.3 Å². The summed E-state index contributed by atoms with van der Waals surface area (Å²) >= 11 is 0. The third kappa shape index (κ3) is 3.47. The number of hydrogen-bond acceptors (Lipinski definition) is 1. The number of halogens is 3. The van der Waals surface area contributed by atoms with Crippen LogP contribution >= 0.6 is 0 Å². The highest BCUT2D eigenvalue weighted by Crippen LogP contribution is 2.27. The molecule has 0 spiro atoms. The van der Waals surface area contributed by atoms with Gasteiger partial charge in [-0.25, -0.2) is 0 Å². The SMILES string of the molecule is CN(CC1CCC1)C[B-](F)(F)F. The molecule has 0 saturated heterocycles. The van der Waals surface area contributed by atoms with Gasteiger partial charge in [0.05, 0.1) is 0 Å². The second kappa shape index (κ2) is 3.68. The van der Waals surface area contributed by atoms with Gasteiger partial charge >= 0.3 is 6.98 Å². The summed E-state index contributed by atoms with van der Waals surface area (Å²) in [5.74, 6) is 0.521. The highest BCUT2D eigenvalue weighted by Gasteiger charge is 2.27. The Bertz CT molecular complexity index is 144. The lowest BCUT2D eigenvalue weighted by Gasteiger charge is -2.32. The molecule has 12 heavy (non-hydrogen) atoms. The minimum atomic E-state index is -4.63. The maximum atomic E-state index is 11.9. The Morgan fingerprint density at radius 3 is 2.25 bits per heavy atom. The third-order valence-electron chi connectivity index (χ3n) is 2.31. The largest absolute Gasteiger partial charge is 0.492 e. The van der Waals surface area contributed by atoms with Gasteiger partial charge in [0.2, 0.25) is 0 Å². The van der Waals surface area contributed by atoms with Gasteiger partial charge in [-0.1, -0.05) is 6.42 Å². The Labute approximate surface area is 71.0 Å². The molecule has 5 heteroatoms. The van der Waals surface area contributed by atoms with Crippen LogP contribution in [0.3, 0.4) is 0 Å². The Morgan fingerprint density at radius 1 is 1.33 bits per heavy atom. The van der Waals surface area contributed by atoms with Crippen molar-refractivity contribution < 1.29 is 12.9 Å². The number of hydrogen-bond donors (Lipinski definition) is 0. The van der Waals surface area contributed by atoms with Gasteiger partial charge in [-0.05, 0) is 38.8 Å². The van der Waals surface area contributed by atoms with E-state index >= 15 is 0 Å². The first-order chi connectivity index (χ1) is 5.47. The van der Waals surface area contributed by atoms with Crippen LogP contribution in [0.5, 0.6) is 0 Å². The molecule has 0 amide bonds. The van der Waals surface area contributed by atoms with Gasteiger partial charge < -0.3 is 17.8 Å². The molecule has 0 unspecified atom stereocenters. The second-order valence-corrected chi connectivity index (χ2v) is 3.73. The van der Waals surface area contributed by atoms with Crippen molar-refractivity contribution in [2.75, 3.05) is 20.0 Å². The maximum absolute atomic E-state index is 11.9. The molecule has 1 saturated carbocycles. The molecule has 1 aliphatic carbocycles. The van der Waals surface area contributed by atoms with Crippen LogP contribution in [0.15, 0.2) is 0 Å². The second-order valence-electron chi connectivity index (χ2n) is 3.73. The van der Waals surface area contributed by atoms with Crippen molar-refractivity contribution >= 4 is 6.98 Å². The van der Waals surface area contributed by atoms with Crippen molar-refractivity contribution in [1.29, 1.82) is 0 Å². The molecule has 0 radical (unpaired) electrons. The van der Waals surface area contributed by atoms with E-state index in [0.29, 0.717) is 12.5 Å². The lowest BCUT2D eigenvalue weighted by atomic mass is 9.84. The molecule has 0 aromatic rings. The van der Waals surface area contributed by atoms with Gasteiger partial charge in [0, 0.05) is 0 Å². The molecule has 0 aromatic carbocycles. The zero-order chi connectivity index (χ0) is 9.19. The number of rotatable bonds is 4. The molecule has 72 valence electrons. The van der Waals surface area contributed by atoms with Gasteiger partial charge in [-0.2, -0.15) is 0 Å². The Morgan fingerprint density at radius 2 is 1.92 bits per heavy atom. The first-order valence-corrected chi connectivity index (χ1v) is 4.37. The molecule has 0 heterocycles. The van der Waals surface area contributed by atoms with E-state index in [4.69, 9.17) is 0 Å². The van der Waals surface area contributed by atoms with Gasteiger partial charge in [-0.3, -0.25) is 0 Å². The van der Waals surface area contributed by atoms with Gasteiger partial charge in [-0.15, -0.1) is 0 Å². The molecule has 1 aliphatic rings. The smallest absolute Gasteiger partial charge is 0.448 e. The predicted molar refractivity (Wildman–Crippen MR) is 43.9 cm³/mol. The number of nitrogens with zero attached hydrogens (tertiary/aromatic N) is 1. The highest BCUT2D eigenvalue weighted by molar-refractivity contribution is 6.58. The van der Waals surface area contributed by atoms with Crippen molar-refractivity contribution in [3.05, 3.63) is 0 Å². The van der Waals surface area contributed by atoms with Crippen molar-refractivity contribution in [3.63, 3.8) is 0 Å². The molecule has 1 nitrogen and oxygen atoms in total. The van der Waals surface area contributed by atoms with E-state index in [0.717, 1.165) is 12.8 Å². The van der Waals surface area contributed by atoms with Crippen LogP contribution in [-0.2, 0) is 0 Å². The zero-order valence-electron chi connectivity index (χ0n) is 7.27. The van der Waals surface area contributed by atoms with Crippen LogP contribution in [0.1, 0.15) is 19.3 Å². The van der Waals surface area contributed by atoms with E-state index in [2.05, 4.69) is 0 Å². The molecule has 0 bridgehead atoms. The fourth-order valence-corrected chi connectivity index (χ4v) is 1.54. The van der Waals surface area contributed by atoms with Crippen molar-refractivity contribution in [3.8, 4) is 0 Å². The quantitative estimate of drug-likeness (QED) is 0.598. The van der Waals surface area contributed by atoms with Crippen molar-refractivity contribution in [2.45, 2.75) is 19.3 Å². The molecule has 0 aromatic heterocycles. The average molecular weight is 180 g/mol. The maximum Gasteiger partial charge on any atom is 0.492 e. The molecule has 1 rings (SSSR count). The molecular formula is C7H14BF3N-. The lowest BCUT2D eigenvalue weighted by Crippen LogP contribution is -2.39. The summed E-state index contributed by atoms with van der Waals surface area (Å²) in [6.45, 7) is -4.02. The molecule has 0 N–H and O–H groups in total. The first kappa shape index (κ1) is 9.90. The highest BCUT2D eigenvalue weighted by atomic mass is 19.4. The summed E-state index contributed by atoms with van der Waals surface area (Å²) in [5.41, 5.74) is 0. The van der Waals surface area contributed by atoms with E-state index < -0.39 is 13.4 Å². The third-order valence-corrected chi connectivity index (χ3v) is 2.31. The van der Waals surface area contributed by atoms with Crippen molar-refractivity contribution in [2.24, 2.45) is 5.92 Å². The lowest BCUT2D eigenvalue weighted by molar-refractivity contribution is 0.211. The zero-order valence-corrected chi connectivity index (χ0v) is 7.27.